The quantitative estimate of drug-likeness (QED) is 0.191. The van der Waals surface area contributed by atoms with Crippen LogP contribution in [0.4, 0.5) is 23.7 Å². The Morgan fingerprint density at radius 1 is 1.10 bits per heavy atom. The molecule has 0 spiro atoms. The molecule has 1 atom stereocenters. The first-order valence-electron chi connectivity index (χ1n) is 15.3. The normalized spacial score (nSPS) is 15.4. The zero-order valence-corrected chi connectivity index (χ0v) is 27.9. The van der Waals surface area contributed by atoms with Crippen molar-refractivity contribution < 1.29 is 27.5 Å². The third-order valence-corrected chi connectivity index (χ3v) is 8.32. The van der Waals surface area contributed by atoms with Crippen LogP contribution in [-0.4, -0.2) is 50.0 Å². The molecule has 2 heterocycles. The minimum atomic E-state index is -4.76. The minimum Gasteiger partial charge on any atom is -0.406 e. The summed E-state index contributed by atoms with van der Waals surface area (Å²) in [5.41, 5.74) is 5.99. The minimum absolute atomic E-state index is 0.108. The number of ether oxygens (including phenoxy) is 1. The second-order valence-electron chi connectivity index (χ2n) is 11.9. The zero-order valence-electron chi connectivity index (χ0n) is 27.1. The molecular formula is C35H35F3N6O3S. The molecule has 250 valence electrons. The van der Waals surface area contributed by atoms with Crippen molar-refractivity contribution in [1.82, 2.24) is 20.1 Å². The molecule has 1 aromatic heterocycles. The summed E-state index contributed by atoms with van der Waals surface area (Å²) in [6.07, 6.45) is -0.708. The Morgan fingerprint density at radius 3 is 2.56 bits per heavy atom. The van der Waals surface area contributed by atoms with Gasteiger partial charge in [0, 0.05) is 11.6 Å². The van der Waals surface area contributed by atoms with E-state index in [1.165, 1.54) is 47.0 Å². The van der Waals surface area contributed by atoms with Gasteiger partial charge in [0.15, 0.2) is 11.0 Å². The van der Waals surface area contributed by atoms with Crippen LogP contribution >= 0.6 is 11.8 Å². The Morgan fingerprint density at radius 2 is 1.85 bits per heavy atom. The number of aryl methyl sites for hydroxylation is 1. The van der Waals surface area contributed by atoms with Gasteiger partial charge in [-0.05, 0) is 86.2 Å². The van der Waals surface area contributed by atoms with E-state index in [1.807, 2.05) is 69.3 Å². The fraction of sp³-hybridized carbons (Fsp3) is 0.286. The van der Waals surface area contributed by atoms with Crippen LogP contribution in [0.2, 0.25) is 0 Å². The third kappa shape index (κ3) is 8.71. The van der Waals surface area contributed by atoms with Crippen molar-refractivity contribution in [1.29, 1.82) is 0 Å². The van der Waals surface area contributed by atoms with Crippen LogP contribution in [0.1, 0.15) is 56.7 Å². The highest BCUT2D eigenvalue weighted by molar-refractivity contribution is 8.15. The van der Waals surface area contributed by atoms with Gasteiger partial charge in [-0.15, -0.1) is 18.3 Å². The molecule has 1 aliphatic heterocycles. The first-order chi connectivity index (χ1) is 22.8. The Hall–Kier alpha value is -4.91. The number of hydrogen-bond acceptors (Lipinski definition) is 6. The Labute approximate surface area is 280 Å². The molecule has 1 N–H and O–H groups in total. The summed E-state index contributed by atoms with van der Waals surface area (Å²) in [4.78, 5) is 36.0. The van der Waals surface area contributed by atoms with E-state index >= 15 is 0 Å². The summed E-state index contributed by atoms with van der Waals surface area (Å²) in [6.45, 7) is 9.96. The molecule has 48 heavy (non-hydrogen) atoms. The molecule has 3 aromatic carbocycles. The topological polar surface area (TPSA) is 102 Å². The van der Waals surface area contributed by atoms with E-state index in [0.29, 0.717) is 23.1 Å². The maximum absolute atomic E-state index is 13.0. The molecule has 9 nitrogen and oxygen atoms in total. The first-order valence-corrected chi connectivity index (χ1v) is 16.2. The largest absolute Gasteiger partial charge is 0.573 e. The number of carbonyl (C=O) groups excluding carboxylic acids is 2. The molecule has 0 bridgehead atoms. The molecule has 0 saturated carbocycles. The standard InChI is InChI=1S/C35H35F3N6O3S/c1-21(2)29-14-9-22(3)17-30(29)44-31(45)19-48-34(44)41-33(46)40-24(5)15-23(4)16-25-7-6-8-26(18-25)32-39-20-43(42-32)27-10-12-28(13-11-27)47-35(36,37)38/h6-14,16-18,20-21,24H,15,19H2,1-5H3,(H,40,46). The lowest BCUT2D eigenvalue weighted by molar-refractivity contribution is -0.274. The van der Waals surface area contributed by atoms with Gasteiger partial charge in [-0.25, -0.2) is 14.5 Å². The Kier molecular flexibility index (Phi) is 10.4. The van der Waals surface area contributed by atoms with Crippen LogP contribution in [0, 0.1) is 6.92 Å². The van der Waals surface area contributed by atoms with Gasteiger partial charge in [-0.1, -0.05) is 67.6 Å². The number of nitrogens with one attached hydrogen (secondary N) is 1. The van der Waals surface area contributed by atoms with Crippen molar-refractivity contribution in [2.45, 2.75) is 59.4 Å². The van der Waals surface area contributed by atoms with E-state index in [9.17, 15) is 22.8 Å². The number of alkyl halides is 3. The lowest BCUT2D eigenvalue weighted by Crippen LogP contribution is -2.34. The van der Waals surface area contributed by atoms with Gasteiger partial charge in [0.25, 0.3) is 0 Å². The maximum Gasteiger partial charge on any atom is 0.573 e. The van der Waals surface area contributed by atoms with E-state index in [2.05, 4.69) is 39.0 Å². The highest BCUT2D eigenvalue weighted by atomic mass is 32.2. The predicted molar refractivity (Wildman–Crippen MR) is 182 cm³/mol. The molecule has 1 unspecified atom stereocenters. The second kappa shape index (κ2) is 14.5. The highest BCUT2D eigenvalue weighted by Gasteiger charge is 2.33. The molecular weight excluding hydrogens is 641 g/mol. The van der Waals surface area contributed by atoms with Crippen molar-refractivity contribution in [2.24, 2.45) is 4.99 Å². The summed E-state index contributed by atoms with van der Waals surface area (Å²) in [5.74, 6) is 0.426. The van der Waals surface area contributed by atoms with E-state index in [4.69, 9.17) is 0 Å². The predicted octanol–water partition coefficient (Wildman–Crippen LogP) is 8.29. The van der Waals surface area contributed by atoms with E-state index in [-0.39, 0.29) is 29.4 Å². The van der Waals surface area contributed by atoms with Gasteiger partial charge >= 0.3 is 12.4 Å². The lowest BCUT2D eigenvalue weighted by Gasteiger charge is -2.22. The number of carbonyl (C=O) groups is 2. The smallest absolute Gasteiger partial charge is 0.406 e. The number of aromatic nitrogens is 3. The fourth-order valence-corrected chi connectivity index (χ4v) is 6.17. The van der Waals surface area contributed by atoms with Crippen molar-refractivity contribution in [3.05, 3.63) is 95.3 Å². The van der Waals surface area contributed by atoms with Crippen LogP contribution in [0.3, 0.4) is 0 Å². The van der Waals surface area contributed by atoms with Gasteiger partial charge in [0.1, 0.15) is 12.1 Å². The lowest BCUT2D eigenvalue weighted by atomic mass is 9.99. The number of rotatable bonds is 9. The molecule has 13 heteroatoms. The number of benzene rings is 3. The molecule has 5 rings (SSSR count). The van der Waals surface area contributed by atoms with Gasteiger partial charge in [0.05, 0.1) is 17.1 Å². The van der Waals surface area contributed by atoms with Crippen LogP contribution in [0.5, 0.6) is 5.75 Å². The summed E-state index contributed by atoms with van der Waals surface area (Å²) < 4.78 is 42.8. The number of hydrogen-bond donors (Lipinski definition) is 1. The third-order valence-electron chi connectivity index (χ3n) is 7.39. The molecule has 1 aliphatic rings. The van der Waals surface area contributed by atoms with Gasteiger partial charge in [0.2, 0.25) is 5.91 Å². The summed E-state index contributed by atoms with van der Waals surface area (Å²) >= 11 is 1.25. The number of nitrogens with zero attached hydrogens (tertiary/aromatic N) is 5. The molecule has 1 saturated heterocycles. The summed E-state index contributed by atoms with van der Waals surface area (Å²) in [6, 6.07) is 18.2. The number of urea groups is 1. The summed E-state index contributed by atoms with van der Waals surface area (Å²) in [7, 11) is 0. The average molecular weight is 677 g/mol. The molecule has 0 aliphatic carbocycles. The molecule has 0 radical (unpaired) electrons. The van der Waals surface area contributed by atoms with E-state index in [0.717, 1.165) is 33.5 Å². The van der Waals surface area contributed by atoms with Crippen LogP contribution in [0.25, 0.3) is 23.2 Å². The average Bonchev–Trinajstić information content (AvgIpc) is 3.63. The molecule has 4 aromatic rings. The van der Waals surface area contributed by atoms with Crippen LogP contribution in [0.15, 0.2) is 83.6 Å². The monoisotopic (exact) mass is 676 g/mol. The second-order valence-corrected chi connectivity index (χ2v) is 12.8. The molecule has 3 amide bonds. The Bertz CT molecular complexity index is 1870. The van der Waals surface area contributed by atoms with Crippen molar-refractivity contribution in [3.8, 4) is 22.8 Å². The first kappa shape index (κ1) is 34.4. The fourth-order valence-electron chi connectivity index (χ4n) is 5.31. The number of amides is 3. The zero-order chi connectivity index (χ0) is 34.6. The number of anilines is 1. The number of halogens is 3. The highest BCUT2D eigenvalue weighted by Crippen LogP contribution is 2.34. The number of thioether (sulfide) groups is 1. The van der Waals surface area contributed by atoms with Crippen molar-refractivity contribution in [2.75, 3.05) is 10.7 Å². The van der Waals surface area contributed by atoms with Gasteiger partial charge in [-0.3, -0.25) is 9.69 Å². The maximum atomic E-state index is 13.0. The summed E-state index contributed by atoms with van der Waals surface area (Å²) in [5, 5.41) is 7.77. The number of aliphatic imine (C=N–C) groups is 1. The SMILES string of the molecule is CC(=Cc1cccc(-c2ncn(-c3ccc(OC(F)(F)F)cc3)n2)c1)CC(C)NC(=O)N=C1SCC(=O)N1c1cc(C)ccc1C(C)C. The van der Waals surface area contributed by atoms with Gasteiger partial charge in [-0.2, -0.15) is 4.99 Å². The number of amidine groups is 1. The van der Waals surface area contributed by atoms with E-state index in [1.54, 1.807) is 4.90 Å². The van der Waals surface area contributed by atoms with Crippen molar-refractivity contribution in [3.63, 3.8) is 0 Å². The van der Waals surface area contributed by atoms with E-state index < -0.39 is 12.4 Å². The molecule has 1 fully saturated rings. The Balaban J connectivity index is 1.22. The van der Waals surface area contributed by atoms with Crippen LogP contribution < -0.4 is 15.0 Å². The van der Waals surface area contributed by atoms with Crippen LogP contribution in [-0.2, 0) is 4.79 Å². The van der Waals surface area contributed by atoms with Gasteiger partial charge < -0.3 is 10.1 Å². The van der Waals surface area contributed by atoms with Crippen molar-refractivity contribution >= 4 is 40.6 Å².